The SMILES string of the molecule is Cc1ccnc(NC(=O)C(=O)Nc2cc([N+](=O)[O-])ccc2Cl)c1. The summed E-state index contributed by atoms with van der Waals surface area (Å²) in [4.78, 5) is 37.7. The van der Waals surface area contributed by atoms with E-state index in [0.717, 1.165) is 11.6 Å². The molecule has 0 aliphatic carbocycles. The van der Waals surface area contributed by atoms with Crippen LogP contribution in [-0.4, -0.2) is 21.7 Å². The van der Waals surface area contributed by atoms with Crippen molar-refractivity contribution in [3.05, 3.63) is 57.2 Å². The number of aromatic nitrogens is 1. The van der Waals surface area contributed by atoms with Crippen molar-refractivity contribution in [2.45, 2.75) is 6.92 Å². The molecule has 0 fully saturated rings. The first kappa shape index (κ1) is 16.4. The second kappa shape index (κ2) is 6.84. The van der Waals surface area contributed by atoms with E-state index in [1.54, 1.807) is 19.1 Å². The van der Waals surface area contributed by atoms with Gasteiger partial charge in [0, 0.05) is 18.3 Å². The minimum absolute atomic E-state index is 0.0294. The van der Waals surface area contributed by atoms with E-state index in [0.29, 0.717) is 0 Å². The van der Waals surface area contributed by atoms with Crippen molar-refractivity contribution in [1.82, 2.24) is 4.98 Å². The summed E-state index contributed by atoms with van der Waals surface area (Å²) in [6.07, 6.45) is 1.49. The lowest BCUT2D eigenvalue weighted by molar-refractivity contribution is -0.384. The maximum absolute atomic E-state index is 11.9. The first-order valence-corrected chi connectivity index (χ1v) is 6.73. The minimum Gasteiger partial charge on any atom is -0.316 e. The molecule has 2 N–H and O–H groups in total. The lowest BCUT2D eigenvalue weighted by atomic mass is 10.2. The number of non-ortho nitro benzene ring substituents is 1. The largest absolute Gasteiger partial charge is 0.316 e. The summed E-state index contributed by atoms with van der Waals surface area (Å²) < 4.78 is 0. The first-order valence-electron chi connectivity index (χ1n) is 6.36. The number of rotatable bonds is 3. The normalized spacial score (nSPS) is 10.0. The number of carbonyl (C=O) groups excluding carboxylic acids is 2. The Morgan fingerprint density at radius 2 is 1.87 bits per heavy atom. The Labute approximate surface area is 135 Å². The highest BCUT2D eigenvalue weighted by Crippen LogP contribution is 2.26. The average Bonchev–Trinajstić information content (AvgIpc) is 2.49. The number of pyridine rings is 1. The molecule has 2 amide bonds. The number of benzene rings is 1. The fraction of sp³-hybridized carbons (Fsp3) is 0.0714. The van der Waals surface area contributed by atoms with Gasteiger partial charge in [0.2, 0.25) is 0 Å². The van der Waals surface area contributed by atoms with Gasteiger partial charge in [0.25, 0.3) is 5.69 Å². The van der Waals surface area contributed by atoms with Gasteiger partial charge >= 0.3 is 11.8 Å². The van der Waals surface area contributed by atoms with Crippen LogP contribution < -0.4 is 10.6 Å². The van der Waals surface area contributed by atoms with Crippen LogP contribution in [0.25, 0.3) is 0 Å². The van der Waals surface area contributed by atoms with Crippen LogP contribution in [0.4, 0.5) is 17.2 Å². The van der Waals surface area contributed by atoms with Crippen molar-refractivity contribution >= 4 is 40.6 Å². The van der Waals surface area contributed by atoms with E-state index < -0.39 is 16.7 Å². The molecule has 8 nitrogen and oxygen atoms in total. The van der Waals surface area contributed by atoms with Crippen molar-refractivity contribution in [2.75, 3.05) is 10.6 Å². The van der Waals surface area contributed by atoms with Crippen LogP contribution in [0.5, 0.6) is 0 Å². The van der Waals surface area contributed by atoms with Crippen LogP contribution in [0.2, 0.25) is 5.02 Å². The number of nitro groups is 1. The van der Waals surface area contributed by atoms with E-state index >= 15 is 0 Å². The van der Waals surface area contributed by atoms with E-state index in [2.05, 4.69) is 15.6 Å². The predicted molar refractivity (Wildman–Crippen MR) is 84.3 cm³/mol. The average molecular weight is 335 g/mol. The van der Waals surface area contributed by atoms with Crippen molar-refractivity contribution < 1.29 is 14.5 Å². The molecule has 1 heterocycles. The summed E-state index contributed by atoms with van der Waals surface area (Å²) in [5, 5.41) is 15.3. The minimum atomic E-state index is -1.02. The van der Waals surface area contributed by atoms with Crippen LogP contribution in [0.3, 0.4) is 0 Å². The number of hydrogen-bond acceptors (Lipinski definition) is 5. The lowest BCUT2D eigenvalue weighted by Gasteiger charge is -2.07. The third-order valence-electron chi connectivity index (χ3n) is 2.77. The van der Waals surface area contributed by atoms with Gasteiger partial charge in [-0.05, 0) is 30.7 Å². The number of anilines is 2. The van der Waals surface area contributed by atoms with E-state index in [1.807, 2.05) is 0 Å². The molecule has 0 aliphatic rings. The molecule has 2 aromatic rings. The molecule has 0 unspecified atom stereocenters. The highest BCUT2D eigenvalue weighted by Gasteiger charge is 2.18. The Bertz CT molecular complexity index is 794. The third-order valence-corrected chi connectivity index (χ3v) is 3.10. The zero-order valence-electron chi connectivity index (χ0n) is 11.9. The molecule has 0 bridgehead atoms. The number of nitrogens with one attached hydrogen (secondary N) is 2. The molecule has 0 atom stereocenters. The molecule has 23 heavy (non-hydrogen) atoms. The molecule has 2 rings (SSSR count). The Morgan fingerprint density at radius 1 is 1.17 bits per heavy atom. The van der Waals surface area contributed by atoms with Crippen LogP contribution in [0.1, 0.15) is 5.56 Å². The second-order valence-corrected chi connectivity index (χ2v) is 4.96. The van der Waals surface area contributed by atoms with Gasteiger partial charge in [0.15, 0.2) is 0 Å². The second-order valence-electron chi connectivity index (χ2n) is 4.55. The highest BCUT2D eigenvalue weighted by atomic mass is 35.5. The van der Waals surface area contributed by atoms with Crippen molar-refractivity contribution in [3.8, 4) is 0 Å². The van der Waals surface area contributed by atoms with Crippen LogP contribution in [0.15, 0.2) is 36.5 Å². The van der Waals surface area contributed by atoms with Crippen molar-refractivity contribution in [2.24, 2.45) is 0 Å². The molecule has 0 spiro atoms. The van der Waals surface area contributed by atoms with Gasteiger partial charge in [-0.15, -0.1) is 0 Å². The monoisotopic (exact) mass is 334 g/mol. The molecule has 0 radical (unpaired) electrons. The zero-order chi connectivity index (χ0) is 17.0. The van der Waals surface area contributed by atoms with Crippen molar-refractivity contribution in [3.63, 3.8) is 0 Å². The molecule has 9 heteroatoms. The van der Waals surface area contributed by atoms with E-state index in [4.69, 9.17) is 11.6 Å². The molecule has 0 saturated carbocycles. The Balaban J connectivity index is 2.11. The van der Waals surface area contributed by atoms with Gasteiger partial charge in [-0.2, -0.15) is 0 Å². The summed E-state index contributed by atoms with van der Waals surface area (Å²) in [5.41, 5.74) is 0.570. The summed E-state index contributed by atoms with van der Waals surface area (Å²) >= 11 is 5.85. The molecule has 1 aromatic heterocycles. The van der Waals surface area contributed by atoms with Gasteiger partial charge in [-0.3, -0.25) is 19.7 Å². The fourth-order valence-corrected chi connectivity index (χ4v) is 1.84. The maximum atomic E-state index is 11.9. The Morgan fingerprint density at radius 3 is 2.52 bits per heavy atom. The van der Waals surface area contributed by atoms with Crippen LogP contribution in [-0.2, 0) is 9.59 Å². The zero-order valence-corrected chi connectivity index (χ0v) is 12.6. The number of carbonyl (C=O) groups is 2. The molecular weight excluding hydrogens is 324 g/mol. The molecular formula is C14H11ClN4O4. The highest BCUT2D eigenvalue weighted by molar-refractivity contribution is 6.44. The summed E-state index contributed by atoms with van der Waals surface area (Å²) in [5.74, 6) is -1.77. The number of halogens is 1. The number of amides is 2. The number of nitrogens with zero attached hydrogens (tertiary/aromatic N) is 2. The van der Waals surface area contributed by atoms with Gasteiger partial charge in [0.1, 0.15) is 5.82 Å². The van der Waals surface area contributed by atoms with Crippen LogP contribution in [0, 0.1) is 17.0 Å². The number of nitro benzene ring substituents is 1. The van der Waals surface area contributed by atoms with E-state index in [9.17, 15) is 19.7 Å². The van der Waals surface area contributed by atoms with E-state index in [-0.39, 0.29) is 22.2 Å². The van der Waals surface area contributed by atoms with E-state index in [1.165, 1.54) is 18.3 Å². The number of hydrogen-bond donors (Lipinski definition) is 2. The smallest absolute Gasteiger partial charge is 0.315 e. The van der Waals surface area contributed by atoms with Gasteiger partial charge < -0.3 is 10.6 Å². The topological polar surface area (TPSA) is 114 Å². The van der Waals surface area contributed by atoms with Crippen LogP contribution >= 0.6 is 11.6 Å². The molecule has 1 aromatic carbocycles. The maximum Gasteiger partial charge on any atom is 0.315 e. The summed E-state index contributed by atoms with van der Waals surface area (Å²) in [6.45, 7) is 1.81. The Kier molecular flexibility index (Phi) is 4.87. The van der Waals surface area contributed by atoms with Gasteiger partial charge in [0.05, 0.1) is 15.6 Å². The molecule has 118 valence electrons. The quantitative estimate of drug-likeness (QED) is 0.508. The third kappa shape index (κ3) is 4.24. The Hall–Kier alpha value is -3.00. The fourth-order valence-electron chi connectivity index (χ4n) is 1.68. The molecule has 0 saturated heterocycles. The predicted octanol–water partition coefficient (Wildman–Crippen LogP) is 2.53. The standard InChI is InChI=1S/C14H11ClN4O4/c1-8-4-5-16-12(6-8)18-14(21)13(20)17-11-7-9(19(22)23)2-3-10(11)15/h2-7H,1H3,(H,17,20)(H,16,18,21). The van der Waals surface area contributed by atoms with Crippen molar-refractivity contribution in [1.29, 1.82) is 0 Å². The summed E-state index contributed by atoms with van der Waals surface area (Å²) in [6, 6.07) is 6.84. The number of aryl methyl sites for hydroxylation is 1. The first-order chi connectivity index (χ1) is 10.9. The molecule has 0 aliphatic heterocycles. The van der Waals surface area contributed by atoms with Gasteiger partial charge in [-0.1, -0.05) is 11.6 Å². The van der Waals surface area contributed by atoms with Gasteiger partial charge in [-0.25, -0.2) is 4.98 Å². The lowest BCUT2D eigenvalue weighted by Crippen LogP contribution is -2.29. The summed E-state index contributed by atoms with van der Waals surface area (Å²) in [7, 11) is 0.